The third kappa shape index (κ3) is 11.2. The maximum absolute atomic E-state index is 11.5. The molecule has 0 radical (unpaired) electrons. The van der Waals surface area contributed by atoms with Crippen molar-refractivity contribution < 1.29 is 55.7 Å². The van der Waals surface area contributed by atoms with E-state index >= 15 is 0 Å². The van der Waals surface area contributed by atoms with E-state index in [2.05, 4.69) is 27.4 Å². The van der Waals surface area contributed by atoms with E-state index < -0.39 is 24.3 Å². The smallest absolute Gasteiger partial charge is 0.490 e. The molecule has 2 heterocycles. The van der Waals surface area contributed by atoms with Crippen LogP contribution in [0.5, 0.6) is 5.75 Å². The van der Waals surface area contributed by atoms with Crippen molar-refractivity contribution in [1.29, 1.82) is 5.26 Å². The minimum Gasteiger partial charge on any atom is -0.497 e. The van der Waals surface area contributed by atoms with Crippen molar-refractivity contribution >= 4 is 17.8 Å². The van der Waals surface area contributed by atoms with Crippen molar-refractivity contribution in [2.24, 2.45) is 7.05 Å². The van der Waals surface area contributed by atoms with Gasteiger partial charge in [-0.1, -0.05) is 12.1 Å². The van der Waals surface area contributed by atoms with Gasteiger partial charge in [0, 0.05) is 32.2 Å². The Kier molecular flexibility index (Phi) is 12.4. The lowest BCUT2D eigenvalue weighted by Crippen LogP contribution is -2.31. The molecule has 2 aromatic rings. The molecule has 3 N–H and O–H groups in total. The number of nitrogens with one attached hydrogen (secondary N) is 1. The number of hydrogen-bond donors (Lipinski definition) is 3. The predicted molar refractivity (Wildman–Crippen MR) is 123 cm³/mol. The number of aryl methyl sites for hydroxylation is 1. The number of fused-ring (bicyclic) bond motifs is 1. The molecule has 0 aliphatic carbocycles. The maximum Gasteiger partial charge on any atom is 0.490 e. The van der Waals surface area contributed by atoms with Gasteiger partial charge in [0.2, 0.25) is 5.91 Å². The van der Waals surface area contributed by atoms with Crippen LogP contribution in [0.1, 0.15) is 28.9 Å². The molecule has 3 rings (SSSR count). The fourth-order valence-electron chi connectivity index (χ4n) is 3.29. The number of carbonyl (C=O) groups is 3. The number of aliphatic carboxylic acids is 2. The van der Waals surface area contributed by atoms with E-state index in [1.807, 2.05) is 29.9 Å². The molecule has 0 atom stereocenters. The Morgan fingerprint density at radius 3 is 2.05 bits per heavy atom. The zero-order valence-electron chi connectivity index (χ0n) is 21.1. The van der Waals surface area contributed by atoms with Gasteiger partial charge in [-0.3, -0.25) is 14.4 Å². The summed E-state index contributed by atoms with van der Waals surface area (Å²) >= 11 is 0. The molecule has 1 aromatic carbocycles. The first kappa shape index (κ1) is 33.7. The third-order valence-electron chi connectivity index (χ3n) is 5.15. The molecular weight excluding hydrogens is 556 g/mol. The molecule has 40 heavy (non-hydrogen) atoms. The number of carbonyl (C=O) groups excluding carboxylic acids is 1. The van der Waals surface area contributed by atoms with Crippen LogP contribution in [-0.4, -0.2) is 68.7 Å². The van der Waals surface area contributed by atoms with E-state index in [4.69, 9.17) is 29.8 Å². The number of alkyl halides is 6. The first-order valence-corrected chi connectivity index (χ1v) is 11.1. The second kappa shape index (κ2) is 14.7. The van der Waals surface area contributed by atoms with Crippen molar-refractivity contribution in [3.63, 3.8) is 0 Å². The van der Waals surface area contributed by atoms with Gasteiger partial charge in [0.15, 0.2) is 0 Å². The highest BCUT2D eigenvalue weighted by Crippen LogP contribution is 2.24. The number of carboxylic acid groups (broad SMARTS) is 2. The highest BCUT2D eigenvalue weighted by atomic mass is 19.4. The Labute approximate surface area is 223 Å². The topological polar surface area (TPSA) is 158 Å². The number of nitriles is 1. The summed E-state index contributed by atoms with van der Waals surface area (Å²) in [5, 5.41) is 30.1. The van der Waals surface area contributed by atoms with Gasteiger partial charge in [0.25, 0.3) is 0 Å². The van der Waals surface area contributed by atoms with Crippen LogP contribution in [0.25, 0.3) is 0 Å². The van der Waals surface area contributed by atoms with Crippen molar-refractivity contribution in [2.75, 3.05) is 13.7 Å². The molecule has 17 heteroatoms. The number of methoxy groups -OCH3 is 1. The average molecular weight is 581 g/mol. The maximum atomic E-state index is 11.5. The number of amides is 1. The van der Waals surface area contributed by atoms with E-state index in [0.29, 0.717) is 6.54 Å². The number of carboxylic acids is 2. The first-order chi connectivity index (χ1) is 18.5. The van der Waals surface area contributed by atoms with Gasteiger partial charge >= 0.3 is 24.3 Å². The molecule has 220 valence electrons. The largest absolute Gasteiger partial charge is 0.497 e. The standard InChI is InChI=1S/C19H23N5O2.2C2HF3O2/c1-23-18-13-24(12-14-3-5-15(26-2)6-4-14)10-8-16(18)17(22-23)11-21-19(25)7-9-20;2*3-2(4,5)1(6)7/h3-6H,7-8,10-13H2,1-2H3,(H,21,25);2*(H,6,7). The Balaban J connectivity index is 0.000000473. The van der Waals surface area contributed by atoms with Crippen LogP contribution in [0.3, 0.4) is 0 Å². The number of aromatic nitrogens is 2. The van der Waals surface area contributed by atoms with Crippen molar-refractivity contribution in [2.45, 2.75) is 44.8 Å². The second-order valence-electron chi connectivity index (χ2n) is 8.02. The van der Waals surface area contributed by atoms with Gasteiger partial charge in [-0.05, 0) is 24.1 Å². The summed E-state index contributed by atoms with van der Waals surface area (Å²) in [6, 6.07) is 10.0. The number of benzene rings is 1. The molecule has 0 fully saturated rings. The zero-order valence-corrected chi connectivity index (χ0v) is 21.1. The monoisotopic (exact) mass is 581 g/mol. The molecular formula is C23H25F6N5O6. The van der Waals surface area contributed by atoms with E-state index in [-0.39, 0.29) is 12.3 Å². The van der Waals surface area contributed by atoms with Crippen LogP contribution in [-0.2, 0) is 47.5 Å². The lowest BCUT2D eigenvalue weighted by atomic mass is 10.0. The Bertz CT molecular complexity index is 1180. The van der Waals surface area contributed by atoms with E-state index in [9.17, 15) is 31.1 Å². The van der Waals surface area contributed by atoms with Gasteiger partial charge in [-0.25, -0.2) is 9.59 Å². The van der Waals surface area contributed by atoms with Crippen LogP contribution in [0.4, 0.5) is 26.3 Å². The number of ether oxygens (including phenoxy) is 1. The lowest BCUT2D eigenvalue weighted by molar-refractivity contribution is -0.193. The average Bonchev–Trinajstić information content (AvgIpc) is 3.18. The van der Waals surface area contributed by atoms with Crippen LogP contribution >= 0.6 is 0 Å². The van der Waals surface area contributed by atoms with E-state index in [0.717, 1.165) is 37.5 Å². The summed E-state index contributed by atoms with van der Waals surface area (Å²) in [6.07, 6.45) is -9.38. The summed E-state index contributed by atoms with van der Waals surface area (Å²) in [6.45, 7) is 3.03. The van der Waals surface area contributed by atoms with Crippen molar-refractivity contribution in [3.8, 4) is 11.8 Å². The van der Waals surface area contributed by atoms with Crippen LogP contribution in [0, 0.1) is 11.3 Å². The predicted octanol–water partition coefficient (Wildman–Crippen LogP) is 2.78. The second-order valence-corrected chi connectivity index (χ2v) is 8.02. The minimum atomic E-state index is -5.08. The minimum absolute atomic E-state index is 0.120. The normalized spacial score (nSPS) is 12.9. The molecule has 11 nitrogen and oxygen atoms in total. The van der Waals surface area contributed by atoms with E-state index in [1.165, 1.54) is 16.8 Å². The van der Waals surface area contributed by atoms with Gasteiger partial charge in [-0.15, -0.1) is 0 Å². The molecule has 0 saturated carbocycles. The number of hydrogen-bond acceptors (Lipinski definition) is 7. The summed E-state index contributed by atoms with van der Waals surface area (Å²) < 4.78 is 70.6. The van der Waals surface area contributed by atoms with E-state index in [1.54, 1.807) is 7.11 Å². The van der Waals surface area contributed by atoms with Gasteiger partial charge in [0.05, 0.1) is 31.1 Å². The number of rotatable bonds is 6. The molecule has 1 aliphatic heterocycles. The first-order valence-electron chi connectivity index (χ1n) is 11.1. The fourth-order valence-corrected chi connectivity index (χ4v) is 3.29. The highest BCUT2D eigenvalue weighted by Gasteiger charge is 2.38. The Morgan fingerprint density at radius 2 is 1.60 bits per heavy atom. The molecule has 0 saturated heterocycles. The Hall–Kier alpha value is -4.33. The highest BCUT2D eigenvalue weighted by molar-refractivity contribution is 5.77. The molecule has 1 aliphatic rings. The zero-order chi connectivity index (χ0) is 30.7. The Morgan fingerprint density at radius 1 is 1.07 bits per heavy atom. The van der Waals surface area contributed by atoms with Gasteiger partial charge < -0.3 is 20.3 Å². The van der Waals surface area contributed by atoms with Crippen LogP contribution < -0.4 is 10.1 Å². The summed E-state index contributed by atoms with van der Waals surface area (Å²) in [5.41, 5.74) is 4.56. The molecule has 0 bridgehead atoms. The molecule has 1 aromatic heterocycles. The summed E-state index contributed by atoms with van der Waals surface area (Å²) in [5.74, 6) is -4.91. The molecule has 0 spiro atoms. The third-order valence-corrected chi connectivity index (χ3v) is 5.15. The van der Waals surface area contributed by atoms with Gasteiger partial charge in [-0.2, -0.15) is 36.7 Å². The molecule has 0 unspecified atom stereocenters. The fraction of sp³-hybridized carbons (Fsp3) is 0.435. The summed E-state index contributed by atoms with van der Waals surface area (Å²) in [7, 11) is 3.61. The van der Waals surface area contributed by atoms with Crippen LogP contribution in [0.2, 0.25) is 0 Å². The van der Waals surface area contributed by atoms with Crippen molar-refractivity contribution in [1.82, 2.24) is 20.0 Å². The lowest BCUT2D eigenvalue weighted by Gasteiger charge is -2.27. The SMILES string of the molecule is COc1ccc(CN2CCc3c(CNC(=O)CC#N)nn(C)c3C2)cc1.O=C(O)C(F)(F)F.O=C(O)C(F)(F)F. The molecule has 1 amide bonds. The number of nitrogens with zero attached hydrogens (tertiary/aromatic N) is 4. The number of halogens is 6. The van der Waals surface area contributed by atoms with Crippen molar-refractivity contribution in [3.05, 3.63) is 46.8 Å². The quantitative estimate of drug-likeness (QED) is 0.437. The van der Waals surface area contributed by atoms with Crippen LogP contribution in [0.15, 0.2) is 24.3 Å². The van der Waals surface area contributed by atoms with Gasteiger partial charge in [0.1, 0.15) is 12.2 Å². The summed E-state index contributed by atoms with van der Waals surface area (Å²) in [4.78, 5) is 31.7.